The molecule has 96 valence electrons. The number of rotatable bonds is 5. The minimum atomic E-state index is -0.283. The first-order valence-corrected chi connectivity index (χ1v) is 6.32. The lowest BCUT2D eigenvalue weighted by molar-refractivity contribution is 0.0855. The molecule has 0 saturated heterocycles. The minimum Gasteiger partial charge on any atom is -0.467 e. The van der Waals surface area contributed by atoms with Gasteiger partial charge in [-0.1, -0.05) is 0 Å². The first kappa shape index (κ1) is 12.7. The summed E-state index contributed by atoms with van der Waals surface area (Å²) < 4.78 is 10.5. The molecule has 0 radical (unpaired) electrons. The number of urea groups is 1. The topological polar surface area (TPSA) is 63.5 Å². The third-order valence-corrected chi connectivity index (χ3v) is 3.14. The van der Waals surface area contributed by atoms with E-state index < -0.39 is 0 Å². The highest BCUT2D eigenvalue weighted by Crippen LogP contribution is 2.17. The van der Waals surface area contributed by atoms with Crippen LogP contribution < -0.4 is 10.6 Å². The van der Waals surface area contributed by atoms with Crippen LogP contribution >= 0.6 is 11.3 Å². The Morgan fingerprint density at radius 2 is 2.39 bits per heavy atom. The second kappa shape index (κ2) is 6.23. The zero-order valence-corrected chi connectivity index (χ0v) is 10.7. The molecule has 0 fully saturated rings. The fraction of sp³-hybridized carbons (Fsp3) is 0.250. The zero-order valence-electron chi connectivity index (χ0n) is 9.88. The summed E-state index contributed by atoms with van der Waals surface area (Å²) in [6.45, 7) is 0.348. The molecule has 2 amide bonds. The monoisotopic (exact) mass is 266 g/mol. The van der Waals surface area contributed by atoms with Crippen molar-refractivity contribution in [3.63, 3.8) is 0 Å². The average molecular weight is 266 g/mol. The molecule has 6 heteroatoms. The predicted molar refractivity (Wildman–Crippen MR) is 69.8 cm³/mol. The molecule has 2 N–H and O–H groups in total. The van der Waals surface area contributed by atoms with E-state index in [9.17, 15) is 4.79 Å². The van der Waals surface area contributed by atoms with E-state index in [2.05, 4.69) is 10.6 Å². The van der Waals surface area contributed by atoms with Crippen molar-refractivity contribution in [2.45, 2.75) is 6.10 Å². The second-order valence-electron chi connectivity index (χ2n) is 3.55. The minimum absolute atomic E-state index is 0.258. The molecule has 2 aromatic rings. The van der Waals surface area contributed by atoms with Crippen LogP contribution in [0.25, 0.3) is 0 Å². The molecule has 0 aliphatic carbocycles. The SMILES string of the molecule is COC(CNC(=O)Nc1cccs1)c1ccco1. The standard InChI is InChI=1S/C12H14N2O3S/c1-16-10(9-4-2-6-17-9)8-13-12(15)14-11-5-3-7-18-11/h2-7,10H,8H2,1H3,(H2,13,14,15). The highest BCUT2D eigenvalue weighted by atomic mass is 32.1. The summed E-state index contributed by atoms with van der Waals surface area (Å²) in [7, 11) is 1.58. The fourth-order valence-electron chi connectivity index (χ4n) is 1.47. The maximum atomic E-state index is 11.6. The lowest BCUT2D eigenvalue weighted by Gasteiger charge is -2.13. The molecule has 0 aromatic carbocycles. The number of nitrogens with one attached hydrogen (secondary N) is 2. The van der Waals surface area contributed by atoms with Crippen LogP contribution in [0, 0.1) is 0 Å². The zero-order chi connectivity index (χ0) is 12.8. The van der Waals surface area contributed by atoms with Gasteiger partial charge in [-0.05, 0) is 29.6 Å². The van der Waals surface area contributed by atoms with Crippen LogP contribution in [0.15, 0.2) is 40.3 Å². The third-order valence-electron chi connectivity index (χ3n) is 2.35. The van der Waals surface area contributed by atoms with E-state index in [1.807, 2.05) is 23.6 Å². The number of carbonyl (C=O) groups excluding carboxylic acids is 1. The van der Waals surface area contributed by atoms with E-state index in [0.717, 1.165) is 5.00 Å². The smallest absolute Gasteiger partial charge is 0.319 e. The molecular weight excluding hydrogens is 252 g/mol. The molecule has 1 atom stereocenters. The number of hydrogen-bond donors (Lipinski definition) is 2. The van der Waals surface area contributed by atoms with Crippen LogP contribution in [-0.4, -0.2) is 19.7 Å². The first-order chi connectivity index (χ1) is 8.79. The molecule has 2 heterocycles. The molecule has 18 heavy (non-hydrogen) atoms. The Morgan fingerprint density at radius 1 is 1.50 bits per heavy atom. The van der Waals surface area contributed by atoms with Crippen LogP contribution in [0.1, 0.15) is 11.9 Å². The summed E-state index contributed by atoms with van der Waals surface area (Å²) in [5.74, 6) is 0.689. The van der Waals surface area contributed by atoms with Crippen molar-refractivity contribution in [1.29, 1.82) is 0 Å². The fourth-order valence-corrected chi connectivity index (χ4v) is 2.08. The third kappa shape index (κ3) is 3.35. The Kier molecular flexibility index (Phi) is 4.38. The maximum absolute atomic E-state index is 11.6. The molecule has 1 unspecified atom stereocenters. The normalized spacial score (nSPS) is 12.1. The summed E-state index contributed by atoms with van der Waals surface area (Å²) in [5.41, 5.74) is 0. The summed E-state index contributed by atoms with van der Waals surface area (Å²) in [5, 5.41) is 8.17. The van der Waals surface area contributed by atoms with Crippen molar-refractivity contribution in [3.8, 4) is 0 Å². The van der Waals surface area contributed by atoms with E-state index in [1.165, 1.54) is 11.3 Å². The lowest BCUT2D eigenvalue weighted by atomic mass is 10.3. The summed E-state index contributed by atoms with van der Waals surface area (Å²) >= 11 is 1.47. The van der Waals surface area contributed by atoms with Crippen molar-refractivity contribution < 1.29 is 13.9 Å². The molecule has 0 aliphatic heterocycles. The number of thiophene rings is 1. The Morgan fingerprint density at radius 3 is 3.00 bits per heavy atom. The number of hydrogen-bond acceptors (Lipinski definition) is 4. The van der Waals surface area contributed by atoms with E-state index in [1.54, 1.807) is 19.4 Å². The number of ether oxygens (including phenoxy) is 1. The maximum Gasteiger partial charge on any atom is 0.319 e. The number of methoxy groups -OCH3 is 1. The van der Waals surface area contributed by atoms with Crippen molar-refractivity contribution in [1.82, 2.24) is 5.32 Å². The van der Waals surface area contributed by atoms with Crippen molar-refractivity contribution >= 4 is 22.4 Å². The molecule has 0 saturated carbocycles. The van der Waals surface area contributed by atoms with Crippen LogP contribution in [0.5, 0.6) is 0 Å². The van der Waals surface area contributed by atoms with Gasteiger partial charge in [-0.2, -0.15) is 0 Å². The van der Waals surface area contributed by atoms with Gasteiger partial charge in [0.15, 0.2) is 0 Å². The quantitative estimate of drug-likeness (QED) is 0.874. The predicted octanol–water partition coefficient (Wildman–Crippen LogP) is 2.85. The van der Waals surface area contributed by atoms with Gasteiger partial charge in [-0.3, -0.25) is 5.32 Å². The van der Waals surface area contributed by atoms with Gasteiger partial charge >= 0.3 is 6.03 Å². The summed E-state index contributed by atoms with van der Waals surface area (Å²) in [6, 6.07) is 7.05. The Bertz CT molecular complexity index is 467. The van der Waals surface area contributed by atoms with Gasteiger partial charge in [-0.25, -0.2) is 4.79 Å². The van der Waals surface area contributed by atoms with Crippen molar-refractivity contribution in [3.05, 3.63) is 41.7 Å². The number of furan rings is 1. The summed E-state index contributed by atoms with van der Waals surface area (Å²) in [6.07, 6.45) is 1.29. The average Bonchev–Trinajstić information content (AvgIpc) is 3.02. The van der Waals surface area contributed by atoms with Gasteiger partial charge in [0.2, 0.25) is 0 Å². The number of amides is 2. The van der Waals surface area contributed by atoms with Gasteiger partial charge in [0.1, 0.15) is 11.9 Å². The Labute approximate surface area is 109 Å². The lowest BCUT2D eigenvalue weighted by Crippen LogP contribution is -2.32. The van der Waals surface area contributed by atoms with E-state index in [-0.39, 0.29) is 12.1 Å². The van der Waals surface area contributed by atoms with Gasteiger partial charge < -0.3 is 14.5 Å². The van der Waals surface area contributed by atoms with E-state index in [0.29, 0.717) is 12.3 Å². The molecule has 2 rings (SSSR count). The number of carbonyl (C=O) groups is 1. The molecule has 5 nitrogen and oxygen atoms in total. The van der Waals surface area contributed by atoms with Gasteiger partial charge in [-0.15, -0.1) is 11.3 Å². The van der Waals surface area contributed by atoms with Crippen LogP contribution in [0.4, 0.5) is 9.80 Å². The largest absolute Gasteiger partial charge is 0.467 e. The molecule has 0 spiro atoms. The van der Waals surface area contributed by atoms with Gasteiger partial charge in [0.25, 0.3) is 0 Å². The Hall–Kier alpha value is -1.79. The van der Waals surface area contributed by atoms with Gasteiger partial charge in [0.05, 0.1) is 17.8 Å². The van der Waals surface area contributed by atoms with Crippen LogP contribution in [0.3, 0.4) is 0 Å². The Balaban J connectivity index is 1.81. The van der Waals surface area contributed by atoms with E-state index >= 15 is 0 Å². The van der Waals surface area contributed by atoms with Crippen molar-refractivity contribution in [2.24, 2.45) is 0 Å². The molecular formula is C12H14N2O3S. The van der Waals surface area contributed by atoms with Crippen molar-refractivity contribution in [2.75, 3.05) is 19.0 Å². The molecule has 0 aliphatic rings. The molecule has 0 bridgehead atoms. The number of anilines is 1. The van der Waals surface area contributed by atoms with Gasteiger partial charge in [0, 0.05) is 7.11 Å². The highest BCUT2D eigenvalue weighted by molar-refractivity contribution is 7.14. The van der Waals surface area contributed by atoms with E-state index in [4.69, 9.17) is 9.15 Å². The first-order valence-electron chi connectivity index (χ1n) is 5.44. The van der Waals surface area contributed by atoms with Crippen LogP contribution in [-0.2, 0) is 4.74 Å². The highest BCUT2D eigenvalue weighted by Gasteiger charge is 2.14. The second-order valence-corrected chi connectivity index (χ2v) is 4.50. The van der Waals surface area contributed by atoms with Crippen LogP contribution in [0.2, 0.25) is 0 Å². The molecule has 2 aromatic heterocycles. The summed E-state index contributed by atoms with van der Waals surface area (Å²) in [4.78, 5) is 11.6.